The SMILES string of the molecule is COCc1nc(C)c(C(=O)N2CCCC3(CCCOC3)C2)s1. The second-order valence-corrected chi connectivity index (χ2v) is 7.53. The zero-order chi connectivity index (χ0) is 15.6. The summed E-state index contributed by atoms with van der Waals surface area (Å²) in [5.41, 5.74) is 1.00. The lowest BCUT2D eigenvalue weighted by atomic mass is 9.76. The number of carbonyl (C=O) groups is 1. The molecule has 1 amide bonds. The van der Waals surface area contributed by atoms with Crippen LogP contribution in [0.4, 0.5) is 0 Å². The molecule has 2 aliphatic heterocycles. The van der Waals surface area contributed by atoms with Gasteiger partial charge in [-0.25, -0.2) is 4.98 Å². The van der Waals surface area contributed by atoms with Gasteiger partial charge in [0.1, 0.15) is 9.88 Å². The molecule has 1 atom stereocenters. The lowest BCUT2D eigenvalue weighted by molar-refractivity contribution is -0.0433. The Morgan fingerprint density at radius 3 is 3.00 bits per heavy atom. The molecule has 0 bridgehead atoms. The van der Waals surface area contributed by atoms with Crippen molar-refractivity contribution >= 4 is 17.2 Å². The molecule has 5 nitrogen and oxygen atoms in total. The summed E-state index contributed by atoms with van der Waals surface area (Å²) >= 11 is 1.46. The molecule has 0 N–H and O–H groups in total. The number of likely N-dealkylation sites (tertiary alicyclic amines) is 1. The summed E-state index contributed by atoms with van der Waals surface area (Å²) in [6.07, 6.45) is 4.53. The van der Waals surface area contributed by atoms with Gasteiger partial charge in [0.05, 0.1) is 18.9 Å². The van der Waals surface area contributed by atoms with Crippen molar-refractivity contribution in [2.45, 2.75) is 39.2 Å². The summed E-state index contributed by atoms with van der Waals surface area (Å²) in [6.45, 7) is 5.71. The van der Waals surface area contributed by atoms with Crippen molar-refractivity contribution < 1.29 is 14.3 Å². The number of hydrogen-bond acceptors (Lipinski definition) is 5. The van der Waals surface area contributed by atoms with Crippen LogP contribution in [-0.4, -0.2) is 49.2 Å². The first-order valence-corrected chi connectivity index (χ1v) is 8.77. The maximum Gasteiger partial charge on any atom is 0.265 e. The number of nitrogens with zero attached hydrogens (tertiary/aromatic N) is 2. The van der Waals surface area contributed by atoms with E-state index in [9.17, 15) is 4.79 Å². The van der Waals surface area contributed by atoms with E-state index in [1.807, 2.05) is 11.8 Å². The van der Waals surface area contributed by atoms with Gasteiger partial charge in [0.15, 0.2) is 0 Å². The van der Waals surface area contributed by atoms with Crippen LogP contribution in [0.25, 0.3) is 0 Å². The summed E-state index contributed by atoms with van der Waals surface area (Å²) in [5.74, 6) is 0.127. The zero-order valence-electron chi connectivity index (χ0n) is 13.4. The Labute approximate surface area is 135 Å². The van der Waals surface area contributed by atoms with Crippen LogP contribution in [0.1, 0.15) is 46.1 Å². The van der Waals surface area contributed by atoms with E-state index >= 15 is 0 Å². The highest BCUT2D eigenvalue weighted by molar-refractivity contribution is 7.13. The first kappa shape index (κ1) is 15.9. The highest BCUT2D eigenvalue weighted by Gasteiger charge is 2.39. The number of carbonyl (C=O) groups excluding carboxylic acids is 1. The molecule has 3 rings (SSSR count). The minimum Gasteiger partial charge on any atom is -0.381 e. The summed E-state index contributed by atoms with van der Waals surface area (Å²) in [7, 11) is 1.65. The largest absolute Gasteiger partial charge is 0.381 e. The van der Waals surface area contributed by atoms with Gasteiger partial charge in [-0.05, 0) is 32.6 Å². The lowest BCUT2D eigenvalue weighted by Crippen LogP contribution is -2.49. The fraction of sp³-hybridized carbons (Fsp3) is 0.750. The van der Waals surface area contributed by atoms with E-state index in [4.69, 9.17) is 9.47 Å². The Morgan fingerprint density at radius 2 is 2.27 bits per heavy atom. The lowest BCUT2D eigenvalue weighted by Gasteiger charge is -2.44. The van der Waals surface area contributed by atoms with Gasteiger partial charge in [0, 0.05) is 32.2 Å². The van der Waals surface area contributed by atoms with Crippen molar-refractivity contribution in [3.63, 3.8) is 0 Å². The molecule has 0 saturated carbocycles. The van der Waals surface area contributed by atoms with Crippen LogP contribution in [0.3, 0.4) is 0 Å². The number of thiazole rings is 1. The van der Waals surface area contributed by atoms with Crippen molar-refractivity contribution in [3.8, 4) is 0 Å². The number of aromatic nitrogens is 1. The molecule has 6 heteroatoms. The molecular formula is C16H24N2O3S. The number of aryl methyl sites for hydroxylation is 1. The molecule has 2 saturated heterocycles. The Balaban J connectivity index is 1.74. The average molecular weight is 324 g/mol. The highest BCUT2D eigenvalue weighted by Crippen LogP contribution is 2.38. The van der Waals surface area contributed by atoms with Crippen LogP contribution in [0.5, 0.6) is 0 Å². The van der Waals surface area contributed by atoms with E-state index in [2.05, 4.69) is 4.98 Å². The van der Waals surface area contributed by atoms with Gasteiger partial charge in [-0.3, -0.25) is 4.79 Å². The van der Waals surface area contributed by atoms with E-state index in [1.165, 1.54) is 24.2 Å². The Hall–Kier alpha value is -0.980. The average Bonchev–Trinajstić information content (AvgIpc) is 2.88. The normalized spacial score (nSPS) is 25.6. The van der Waals surface area contributed by atoms with Crippen molar-refractivity contribution in [1.82, 2.24) is 9.88 Å². The second-order valence-electron chi connectivity index (χ2n) is 6.44. The van der Waals surface area contributed by atoms with E-state index in [1.54, 1.807) is 7.11 Å². The summed E-state index contributed by atoms with van der Waals surface area (Å²) in [4.78, 5) is 20.1. The summed E-state index contributed by atoms with van der Waals surface area (Å²) in [5, 5.41) is 0.871. The molecule has 2 fully saturated rings. The fourth-order valence-corrected chi connectivity index (χ4v) is 4.60. The van der Waals surface area contributed by atoms with E-state index in [-0.39, 0.29) is 11.3 Å². The number of rotatable bonds is 3. The third-order valence-corrected chi connectivity index (χ3v) is 5.77. The van der Waals surface area contributed by atoms with Crippen LogP contribution in [0.15, 0.2) is 0 Å². The number of ether oxygens (including phenoxy) is 2. The molecule has 3 heterocycles. The van der Waals surface area contributed by atoms with Gasteiger partial charge < -0.3 is 14.4 Å². The number of amides is 1. The van der Waals surface area contributed by atoms with Gasteiger partial charge in [-0.2, -0.15) is 0 Å². The first-order chi connectivity index (χ1) is 10.6. The molecule has 0 radical (unpaired) electrons. The molecule has 0 aliphatic carbocycles. The molecule has 0 aromatic carbocycles. The minimum absolute atomic E-state index is 0.127. The van der Waals surface area contributed by atoms with E-state index in [0.717, 1.165) is 54.7 Å². The molecular weight excluding hydrogens is 300 g/mol. The molecule has 1 aromatic heterocycles. The van der Waals surface area contributed by atoms with Gasteiger partial charge in [-0.1, -0.05) is 0 Å². The van der Waals surface area contributed by atoms with Crippen molar-refractivity contribution in [3.05, 3.63) is 15.6 Å². The summed E-state index contributed by atoms with van der Waals surface area (Å²) < 4.78 is 10.8. The summed E-state index contributed by atoms with van der Waals surface area (Å²) in [6, 6.07) is 0. The van der Waals surface area contributed by atoms with Crippen LogP contribution in [0.2, 0.25) is 0 Å². The monoisotopic (exact) mass is 324 g/mol. The molecule has 1 unspecified atom stereocenters. The molecule has 2 aliphatic rings. The first-order valence-electron chi connectivity index (χ1n) is 7.96. The second kappa shape index (κ2) is 6.64. The van der Waals surface area contributed by atoms with Crippen LogP contribution < -0.4 is 0 Å². The third-order valence-electron chi connectivity index (χ3n) is 4.66. The van der Waals surface area contributed by atoms with Gasteiger partial charge in [0.25, 0.3) is 5.91 Å². The molecule has 22 heavy (non-hydrogen) atoms. The van der Waals surface area contributed by atoms with Crippen molar-refractivity contribution in [2.75, 3.05) is 33.4 Å². The maximum absolute atomic E-state index is 12.9. The predicted octanol–water partition coefficient (Wildman–Crippen LogP) is 2.63. The highest BCUT2D eigenvalue weighted by atomic mass is 32.1. The number of hydrogen-bond donors (Lipinski definition) is 0. The Morgan fingerprint density at radius 1 is 1.45 bits per heavy atom. The Bertz CT molecular complexity index is 532. The number of methoxy groups -OCH3 is 1. The molecule has 122 valence electrons. The molecule has 1 aromatic rings. The molecule has 1 spiro atoms. The minimum atomic E-state index is 0.127. The maximum atomic E-state index is 12.9. The van der Waals surface area contributed by atoms with Crippen molar-refractivity contribution in [2.24, 2.45) is 5.41 Å². The fourth-order valence-electron chi connectivity index (χ4n) is 3.59. The topological polar surface area (TPSA) is 51.7 Å². The van der Waals surface area contributed by atoms with Crippen LogP contribution in [0, 0.1) is 12.3 Å². The standard InChI is InChI=1S/C16H24N2O3S/c1-12-14(22-13(17-12)9-20-2)15(19)18-7-3-5-16(10-18)6-4-8-21-11-16/h3-11H2,1-2H3. The van der Waals surface area contributed by atoms with Gasteiger partial charge in [-0.15, -0.1) is 11.3 Å². The zero-order valence-corrected chi connectivity index (χ0v) is 14.2. The Kier molecular flexibility index (Phi) is 4.80. The third kappa shape index (κ3) is 3.19. The predicted molar refractivity (Wildman–Crippen MR) is 85.2 cm³/mol. The van der Waals surface area contributed by atoms with E-state index in [0.29, 0.717) is 6.61 Å². The smallest absolute Gasteiger partial charge is 0.265 e. The quantitative estimate of drug-likeness (QED) is 0.858. The van der Waals surface area contributed by atoms with Crippen LogP contribution >= 0.6 is 11.3 Å². The van der Waals surface area contributed by atoms with Gasteiger partial charge in [0.2, 0.25) is 0 Å². The van der Waals surface area contributed by atoms with E-state index < -0.39 is 0 Å². The number of piperidine rings is 1. The van der Waals surface area contributed by atoms with Crippen molar-refractivity contribution in [1.29, 1.82) is 0 Å². The van der Waals surface area contributed by atoms with Gasteiger partial charge >= 0.3 is 0 Å². The van der Waals surface area contributed by atoms with Crippen LogP contribution in [-0.2, 0) is 16.1 Å².